The molecule has 0 aliphatic carbocycles. The van der Waals surface area contributed by atoms with Crippen LogP contribution in [-0.4, -0.2) is 18.2 Å². The molecule has 0 amide bonds. The van der Waals surface area contributed by atoms with Crippen LogP contribution in [0.3, 0.4) is 0 Å². The molecule has 1 aliphatic heterocycles. The van der Waals surface area contributed by atoms with Gasteiger partial charge in [0.05, 0.1) is 11.1 Å². The van der Waals surface area contributed by atoms with Crippen molar-refractivity contribution in [1.82, 2.24) is 5.32 Å². The van der Waals surface area contributed by atoms with Crippen molar-refractivity contribution in [2.24, 2.45) is 0 Å². The predicted molar refractivity (Wildman–Crippen MR) is 119 cm³/mol. The Balaban J connectivity index is 1.57. The Morgan fingerprint density at radius 1 is 1.12 bits per heavy atom. The standard InChI is InChI=1S/C20H23BrClN3S/c1-14(23-20(26)24-16-7-10-18(21)19(22)13-16)15-5-8-17(9-6-15)25-11-3-2-4-12-25/h5-10,13-14H,2-4,11-12H2,1H3,(H2,23,24,26). The molecular weight excluding hydrogens is 430 g/mol. The quantitative estimate of drug-likeness (QED) is 0.545. The first-order chi connectivity index (χ1) is 12.5. The lowest BCUT2D eigenvalue weighted by molar-refractivity contribution is 0.577. The van der Waals surface area contributed by atoms with Crippen molar-refractivity contribution in [3.8, 4) is 0 Å². The molecule has 1 aliphatic rings. The molecule has 3 nitrogen and oxygen atoms in total. The fourth-order valence-electron chi connectivity index (χ4n) is 3.15. The van der Waals surface area contributed by atoms with Crippen LogP contribution in [0.1, 0.15) is 37.8 Å². The smallest absolute Gasteiger partial charge is 0.171 e. The molecule has 1 unspecified atom stereocenters. The number of hydrogen-bond donors (Lipinski definition) is 2. The van der Waals surface area contributed by atoms with Crippen LogP contribution in [0.2, 0.25) is 5.02 Å². The van der Waals surface area contributed by atoms with Crippen LogP contribution in [0, 0.1) is 0 Å². The highest BCUT2D eigenvalue weighted by Crippen LogP contribution is 2.26. The first-order valence-electron chi connectivity index (χ1n) is 8.90. The number of hydrogen-bond acceptors (Lipinski definition) is 2. The molecule has 3 rings (SSSR count). The molecule has 1 fully saturated rings. The lowest BCUT2D eigenvalue weighted by atomic mass is 10.1. The van der Waals surface area contributed by atoms with Crippen molar-refractivity contribution in [2.45, 2.75) is 32.2 Å². The highest BCUT2D eigenvalue weighted by molar-refractivity contribution is 9.10. The van der Waals surface area contributed by atoms with E-state index in [0.717, 1.165) is 23.2 Å². The van der Waals surface area contributed by atoms with Crippen molar-refractivity contribution in [3.05, 3.63) is 57.5 Å². The first-order valence-corrected chi connectivity index (χ1v) is 10.5. The van der Waals surface area contributed by atoms with E-state index in [2.05, 4.69) is 62.7 Å². The summed E-state index contributed by atoms with van der Waals surface area (Å²) in [5.41, 5.74) is 3.39. The number of halogens is 2. The van der Waals surface area contributed by atoms with Gasteiger partial charge in [-0.05, 0) is 90.2 Å². The molecule has 2 aromatic carbocycles. The maximum Gasteiger partial charge on any atom is 0.171 e. The van der Waals surface area contributed by atoms with Crippen molar-refractivity contribution in [3.63, 3.8) is 0 Å². The molecule has 2 aromatic rings. The second-order valence-electron chi connectivity index (χ2n) is 6.59. The Kier molecular flexibility index (Phi) is 6.79. The van der Waals surface area contributed by atoms with Crippen molar-refractivity contribution >= 4 is 56.2 Å². The van der Waals surface area contributed by atoms with Gasteiger partial charge in [-0.3, -0.25) is 0 Å². The van der Waals surface area contributed by atoms with E-state index in [1.165, 1.54) is 30.5 Å². The van der Waals surface area contributed by atoms with Crippen LogP contribution in [0.25, 0.3) is 0 Å². The minimum Gasteiger partial charge on any atom is -0.372 e. The molecule has 0 bridgehead atoms. The maximum absolute atomic E-state index is 6.12. The van der Waals surface area contributed by atoms with Crippen molar-refractivity contribution in [1.29, 1.82) is 0 Å². The second kappa shape index (κ2) is 9.07. The minimum absolute atomic E-state index is 0.122. The summed E-state index contributed by atoms with van der Waals surface area (Å²) in [6, 6.07) is 14.6. The van der Waals surface area contributed by atoms with E-state index in [1.807, 2.05) is 18.2 Å². The van der Waals surface area contributed by atoms with Crippen LogP contribution in [-0.2, 0) is 0 Å². The molecular formula is C20H23BrClN3S. The first kappa shape index (κ1) is 19.5. The average molecular weight is 453 g/mol. The van der Waals surface area contributed by atoms with Gasteiger partial charge in [0, 0.05) is 28.9 Å². The van der Waals surface area contributed by atoms with E-state index < -0.39 is 0 Å². The summed E-state index contributed by atoms with van der Waals surface area (Å²) < 4.78 is 0.866. The van der Waals surface area contributed by atoms with Crippen LogP contribution in [0.4, 0.5) is 11.4 Å². The lowest BCUT2D eigenvalue weighted by Crippen LogP contribution is -2.31. The molecule has 26 heavy (non-hydrogen) atoms. The van der Waals surface area contributed by atoms with Gasteiger partial charge in [-0.2, -0.15) is 0 Å². The van der Waals surface area contributed by atoms with E-state index >= 15 is 0 Å². The molecule has 1 atom stereocenters. The number of rotatable bonds is 4. The molecule has 0 radical (unpaired) electrons. The second-order valence-corrected chi connectivity index (χ2v) is 8.26. The van der Waals surface area contributed by atoms with Gasteiger partial charge in [0.2, 0.25) is 0 Å². The van der Waals surface area contributed by atoms with Gasteiger partial charge >= 0.3 is 0 Å². The number of piperidine rings is 1. The van der Waals surface area contributed by atoms with Crippen molar-refractivity contribution < 1.29 is 0 Å². The van der Waals surface area contributed by atoms with E-state index in [9.17, 15) is 0 Å². The Morgan fingerprint density at radius 2 is 1.81 bits per heavy atom. The largest absolute Gasteiger partial charge is 0.372 e. The van der Waals surface area contributed by atoms with Crippen LogP contribution in [0.5, 0.6) is 0 Å². The number of nitrogens with one attached hydrogen (secondary N) is 2. The zero-order valence-electron chi connectivity index (χ0n) is 14.8. The molecule has 1 saturated heterocycles. The molecule has 0 aromatic heterocycles. The van der Waals surface area contributed by atoms with E-state index in [1.54, 1.807) is 0 Å². The van der Waals surface area contributed by atoms with Gasteiger partial charge in [-0.1, -0.05) is 23.7 Å². The summed E-state index contributed by atoms with van der Waals surface area (Å²) in [4.78, 5) is 2.47. The minimum atomic E-state index is 0.122. The molecule has 2 N–H and O–H groups in total. The zero-order valence-corrected chi connectivity index (χ0v) is 17.9. The molecule has 0 spiro atoms. The summed E-state index contributed by atoms with van der Waals surface area (Å²) in [6.45, 7) is 4.44. The number of thiocarbonyl (C=S) groups is 1. The van der Waals surface area contributed by atoms with E-state index in [-0.39, 0.29) is 6.04 Å². The summed E-state index contributed by atoms with van der Waals surface area (Å²) in [5.74, 6) is 0. The van der Waals surface area contributed by atoms with Crippen LogP contribution < -0.4 is 15.5 Å². The third-order valence-electron chi connectivity index (χ3n) is 4.64. The molecule has 0 saturated carbocycles. The molecule has 1 heterocycles. The van der Waals surface area contributed by atoms with Gasteiger partial charge in [-0.15, -0.1) is 0 Å². The normalized spacial score (nSPS) is 15.4. The topological polar surface area (TPSA) is 27.3 Å². The fourth-order valence-corrected chi connectivity index (χ4v) is 3.87. The highest BCUT2D eigenvalue weighted by atomic mass is 79.9. The molecule has 138 valence electrons. The monoisotopic (exact) mass is 451 g/mol. The van der Waals surface area contributed by atoms with Gasteiger partial charge in [0.1, 0.15) is 0 Å². The Bertz CT molecular complexity index is 760. The van der Waals surface area contributed by atoms with Crippen LogP contribution in [0.15, 0.2) is 46.9 Å². The number of nitrogens with zero attached hydrogens (tertiary/aromatic N) is 1. The maximum atomic E-state index is 6.12. The van der Waals surface area contributed by atoms with Gasteiger partial charge < -0.3 is 15.5 Å². The Morgan fingerprint density at radius 3 is 2.46 bits per heavy atom. The average Bonchev–Trinajstić information content (AvgIpc) is 2.65. The lowest BCUT2D eigenvalue weighted by Gasteiger charge is -2.29. The van der Waals surface area contributed by atoms with E-state index in [0.29, 0.717) is 10.1 Å². The van der Waals surface area contributed by atoms with Gasteiger partial charge in [0.15, 0.2) is 5.11 Å². The van der Waals surface area contributed by atoms with Gasteiger partial charge in [-0.25, -0.2) is 0 Å². The van der Waals surface area contributed by atoms with E-state index in [4.69, 9.17) is 23.8 Å². The van der Waals surface area contributed by atoms with Crippen molar-refractivity contribution in [2.75, 3.05) is 23.3 Å². The Hall–Kier alpha value is -1.30. The SMILES string of the molecule is CC(NC(=S)Nc1ccc(Br)c(Cl)c1)c1ccc(N2CCCCC2)cc1. The molecule has 6 heteroatoms. The highest BCUT2D eigenvalue weighted by Gasteiger charge is 2.12. The third kappa shape index (κ3) is 5.12. The zero-order chi connectivity index (χ0) is 18.5. The number of benzene rings is 2. The summed E-state index contributed by atoms with van der Waals surface area (Å²) in [6.07, 6.45) is 3.93. The Labute approximate surface area is 174 Å². The summed E-state index contributed by atoms with van der Waals surface area (Å²) in [5, 5.41) is 7.74. The summed E-state index contributed by atoms with van der Waals surface area (Å²) in [7, 11) is 0. The van der Waals surface area contributed by atoms with Gasteiger partial charge in [0.25, 0.3) is 0 Å². The predicted octanol–water partition coefficient (Wildman–Crippen LogP) is 6.14. The number of anilines is 2. The van der Waals surface area contributed by atoms with Crippen LogP contribution >= 0.6 is 39.7 Å². The summed E-state index contributed by atoms with van der Waals surface area (Å²) >= 11 is 14.9. The fraction of sp³-hybridized carbons (Fsp3) is 0.350. The third-order valence-corrected chi connectivity index (χ3v) is 6.09.